The van der Waals surface area contributed by atoms with Gasteiger partial charge in [0.1, 0.15) is 16.6 Å². The van der Waals surface area contributed by atoms with Crippen LogP contribution in [0.3, 0.4) is 0 Å². The molecule has 20 heteroatoms. The Bertz CT molecular complexity index is 1590. The topological polar surface area (TPSA) is 245 Å². The lowest BCUT2D eigenvalue weighted by atomic mass is 9.74. The Hall–Kier alpha value is -0.000000000000000111. The predicted molar refractivity (Wildman–Crippen MR) is 191 cm³/mol. The fourth-order valence-corrected chi connectivity index (χ4v) is 16.6. The van der Waals surface area contributed by atoms with Crippen LogP contribution in [0.2, 0.25) is 0 Å². The number of aliphatic hydroxyl groups excluding tert-OH is 2. The third-order valence-electron chi connectivity index (χ3n) is 14.8. The van der Waals surface area contributed by atoms with Gasteiger partial charge in [-0.25, -0.2) is 0 Å². The monoisotopic (exact) mass is 812 g/mol. The van der Waals surface area contributed by atoms with Gasteiger partial charge in [-0.3, -0.25) is 51.6 Å². The maximum absolute atomic E-state index is 13.2. The molecule has 16 nitrogen and oxygen atoms in total. The van der Waals surface area contributed by atoms with E-state index in [1.54, 1.807) is 0 Å². The molecule has 5 saturated heterocycles. The van der Waals surface area contributed by atoms with Crippen LogP contribution in [0.4, 0.5) is 0 Å². The van der Waals surface area contributed by atoms with Gasteiger partial charge in [0.15, 0.2) is 0 Å². The van der Waals surface area contributed by atoms with Crippen LogP contribution in [0.5, 0.6) is 0 Å². The van der Waals surface area contributed by atoms with E-state index in [0.717, 1.165) is 51.4 Å². The smallest absolute Gasteiger partial charge is 0.271 e. The normalized spacial score (nSPS) is 56.3. The third-order valence-corrected chi connectivity index (χ3v) is 18.8. The summed E-state index contributed by atoms with van der Waals surface area (Å²) in [5.74, 6) is -1.17. The van der Waals surface area contributed by atoms with E-state index in [9.17, 15) is 36.2 Å². The molecule has 0 spiro atoms. The van der Waals surface area contributed by atoms with Gasteiger partial charge in [-0.05, 0) is 68.1 Å². The van der Waals surface area contributed by atoms with Crippen molar-refractivity contribution < 1.29 is 36.2 Å². The molecule has 0 aromatic carbocycles. The Morgan fingerprint density at radius 1 is 0.423 bits per heavy atom. The molecule has 0 aromatic heterocycles. The molecule has 9 rings (SSSR count). The number of nitrogens with one attached hydrogen (secondary N) is 8. The fourth-order valence-electron chi connectivity index (χ4n) is 12.7. The Labute approximate surface area is 315 Å². The quantitative estimate of drug-likeness (QED) is 0.115. The molecular formula is C32H54Cl2N8O8S2. The van der Waals surface area contributed by atoms with Gasteiger partial charge in [0.2, 0.25) is 0 Å². The molecule has 0 aromatic rings. The zero-order valence-electron chi connectivity index (χ0n) is 28.8. The van der Waals surface area contributed by atoms with Gasteiger partial charge in [0.25, 0.3) is 20.2 Å². The molecule has 22 atom stereocenters. The zero-order valence-corrected chi connectivity index (χ0v) is 31.9. The molecule has 4 saturated carbocycles. The molecule has 9 aliphatic rings. The molecule has 52 heavy (non-hydrogen) atoms. The highest BCUT2D eigenvalue weighted by atomic mass is 35.5. The fraction of sp³-hybridized carbons (Fsp3) is 1.00. The first-order chi connectivity index (χ1) is 24.7. The summed E-state index contributed by atoms with van der Waals surface area (Å²) in [7, 11) is -10.5. The van der Waals surface area contributed by atoms with Crippen LogP contribution in [0.15, 0.2) is 0 Å². The maximum atomic E-state index is 13.2. The Morgan fingerprint density at radius 3 is 1.23 bits per heavy atom. The SMILES string of the molecule is O=S(=O)(O)C1C(O)C(O)C2C3NC4NC(NC5NC(NC6NC(NC(N3)C2C1S(=O)(=O)O)C1CCCCC61)C1CCCCC51)C1CCC(Cl)C(Cl)C41. The summed E-state index contributed by atoms with van der Waals surface area (Å²) in [4.78, 5) is 0. The number of fused-ring (bicyclic) bond motifs is 20. The second-order valence-electron chi connectivity index (χ2n) is 17.3. The number of hydrogen-bond donors (Lipinski definition) is 12. The molecule has 12 N–H and O–H groups in total. The van der Waals surface area contributed by atoms with Crippen LogP contribution >= 0.6 is 23.2 Å². The summed E-state index contributed by atoms with van der Waals surface area (Å²) in [5.41, 5.74) is 0. The molecule has 296 valence electrons. The summed E-state index contributed by atoms with van der Waals surface area (Å²) in [6.45, 7) is 0. The summed E-state index contributed by atoms with van der Waals surface area (Å²) < 4.78 is 72.9. The lowest BCUT2D eigenvalue weighted by molar-refractivity contribution is -0.0670. The van der Waals surface area contributed by atoms with E-state index in [-0.39, 0.29) is 59.9 Å². The van der Waals surface area contributed by atoms with Crippen LogP contribution < -0.4 is 42.5 Å². The van der Waals surface area contributed by atoms with E-state index in [1.165, 1.54) is 12.8 Å². The van der Waals surface area contributed by atoms with Crippen molar-refractivity contribution in [1.82, 2.24) is 42.5 Å². The van der Waals surface area contributed by atoms with Crippen LogP contribution in [0, 0.1) is 47.3 Å². The standard InChI is InChI=1S/C32H54Cl2N8O8S2/c33-16-10-9-15-17(20(16)34)30-40-29(15)38-27-12-6-2-1-5-11(12)25(36-27)35-26-13-7-3-4-8-14(13)28(37-26)39-32-19-18(31(41-30)42-32)21(43)22(44)24(52(48,49)50)23(19)51(45,46)47/h11-32,35-44H,1-10H2,(H,45,46,47)(H,48,49,50). The van der Waals surface area contributed by atoms with Gasteiger partial charge in [0.05, 0.1) is 66.2 Å². The van der Waals surface area contributed by atoms with Gasteiger partial charge in [-0.2, -0.15) is 16.8 Å². The highest BCUT2D eigenvalue weighted by Gasteiger charge is 2.66. The van der Waals surface area contributed by atoms with E-state index in [2.05, 4.69) is 42.5 Å². The molecular weight excluding hydrogens is 759 g/mol. The van der Waals surface area contributed by atoms with E-state index in [0.29, 0.717) is 11.8 Å². The first-order valence-electron chi connectivity index (χ1n) is 19.4. The summed E-state index contributed by atoms with van der Waals surface area (Å²) in [6, 6.07) is 0. The highest BCUT2D eigenvalue weighted by molar-refractivity contribution is 7.90. The van der Waals surface area contributed by atoms with E-state index in [1.807, 2.05) is 0 Å². The minimum Gasteiger partial charge on any atom is -0.390 e. The van der Waals surface area contributed by atoms with E-state index < -0.39 is 78.7 Å². The number of alkyl halides is 2. The Balaban J connectivity index is 1.13. The summed E-state index contributed by atoms with van der Waals surface area (Å²) in [5, 5.41) is 47.8. The largest absolute Gasteiger partial charge is 0.390 e. The van der Waals surface area contributed by atoms with Crippen LogP contribution in [0.1, 0.15) is 64.2 Å². The van der Waals surface area contributed by atoms with Crippen molar-refractivity contribution in [3.05, 3.63) is 0 Å². The number of halogens is 2. The first-order valence-corrected chi connectivity index (χ1v) is 23.2. The van der Waals surface area contributed by atoms with Gasteiger partial charge in [-0.15, -0.1) is 23.2 Å². The Kier molecular flexibility index (Phi) is 10.00. The van der Waals surface area contributed by atoms with Crippen molar-refractivity contribution in [2.24, 2.45) is 47.3 Å². The molecule has 22 unspecified atom stereocenters. The van der Waals surface area contributed by atoms with Crippen LogP contribution in [0.25, 0.3) is 0 Å². The number of rotatable bonds is 2. The van der Waals surface area contributed by atoms with Crippen molar-refractivity contribution in [2.75, 3.05) is 0 Å². The third kappa shape index (κ3) is 6.21. The second-order valence-corrected chi connectivity index (χ2v) is 21.5. The number of aliphatic hydroxyl groups is 2. The first kappa shape index (κ1) is 37.6. The van der Waals surface area contributed by atoms with Crippen molar-refractivity contribution in [3.8, 4) is 0 Å². The average Bonchev–Trinajstić information content (AvgIpc) is 3.82. The van der Waals surface area contributed by atoms with Crippen molar-refractivity contribution >= 4 is 43.4 Å². The molecule has 0 radical (unpaired) electrons. The van der Waals surface area contributed by atoms with Crippen molar-refractivity contribution in [1.29, 1.82) is 0 Å². The molecule has 5 aliphatic heterocycles. The molecule has 8 bridgehead atoms. The lowest BCUT2D eigenvalue weighted by Crippen LogP contribution is -2.67. The minimum atomic E-state index is -5.26. The zero-order chi connectivity index (χ0) is 36.4. The maximum Gasteiger partial charge on any atom is 0.271 e. The van der Waals surface area contributed by atoms with Crippen LogP contribution in [-0.4, -0.2) is 119 Å². The Morgan fingerprint density at radius 2 is 0.788 bits per heavy atom. The predicted octanol–water partition coefficient (Wildman–Crippen LogP) is -1.29. The summed E-state index contributed by atoms with van der Waals surface area (Å²) >= 11 is 13.9. The van der Waals surface area contributed by atoms with Gasteiger partial charge >= 0.3 is 0 Å². The lowest BCUT2D eigenvalue weighted by Gasteiger charge is -2.45. The summed E-state index contributed by atoms with van der Waals surface area (Å²) in [6.07, 6.45) is 3.51. The second kappa shape index (κ2) is 13.8. The van der Waals surface area contributed by atoms with E-state index in [4.69, 9.17) is 23.2 Å². The molecule has 5 heterocycles. The molecule has 0 amide bonds. The van der Waals surface area contributed by atoms with Crippen molar-refractivity contribution in [3.63, 3.8) is 0 Å². The highest BCUT2D eigenvalue weighted by Crippen LogP contribution is 2.48. The average molecular weight is 814 g/mol. The van der Waals surface area contributed by atoms with Crippen molar-refractivity contribution in [2.45, 2.75) is 147 Å². The van der Waals surface area contributed by atoms with E-state index >= 15 is 0 Å². The van der Waals surface area contributed by atoms with Gasteiger partial charge in [0, 0.05) is 17.8 Å². The van der Waals surface area contributed by atoms with Gasteiger partial charge in [-0.1, -0.05) is 25.7 Å². The van der Waals surface area contributed by atoms with Gasteiger partial charge < -0.3 is 10.2 Å². The van der Waals surface area contributed by atoms with Crippen LogP contribution in [-0.2, 0) is 20.2 Å². The number of hydrogen-bond acceptors (Lipinski definition) is 14. The molecule has 9 fully saturated rings. The minimum absolute atomic E-state index is 0.0501. The molecule has 4 aliphatic carbocycles.